The van der Waals surface area contributed by atoms with Gasteiger partial charge in [0.05, 0.1) is 18.1 Å². The number of hydrogen-bond acceptors (Lipinski definition) is 5. The van der Waals surface area contributed by atoms with Crippen molar-refractivity contribution >= 4 is 11.6 Å². The van der Waals surface area contributed by atoms with E-state index in [2.05, 4.69) is 0 Å². The van der Waals surface area contributed by atoms with Gasteiger partial charge in [0, 0.05) is 19.2 Å². The first-order valence-corrected chi connectivity index (χ1v) is 5.83. The van der Waals surface area contributed by atoms with Crippen molar-refractivity contribution in [2.45, 2.75) is 12.5 Å². The van der Waals surface area contributed by atoms with Crippen molar-refractivity contribution in [1.82, 2.24) is 4.90 Å². The minimum Gasteiger partial charge on any atom is -0.496 e. The summed E-state index contributed by atoms with van der Waals surface area (Å²) < 4.78 is 5.03. The summed E-state index contributed by atoms with van der Waals surface area (Å²) >= 11 is 0. The van der Waals surface area contributed by atoms with Crippen LogP contribution in [-0.2, 0) is 0 Å². The Kier molecular flexibility index (Phi) is 3.66. The number of aliphatic hydroxyl groups excluding tert-OH is 1. The lowest BCUT2D eigenvalue weighted by Crippen LogP contribution is -2.30. The van der Waals surface area contributed by atoms with Crippen molar-refractivity contribution in [3.8, 4) is 5.75 Å². The van der Waals surface area contributed by atoms with Crippen LogP contribution in [0.1, 0.15) is 16.8 Å². The van der Waals surface area contributed by atoms with E-state index < -0.39 is 16.9 Å². The number of amides is 1. The monoisotopic (exact) mass is 266 g/mol. The Bertz CT molecular complexity index is 517. The molecular formula is C12H14N2O5. The molecule has 1 aliphatic rings. The van der Waals surface area contributed by atoms with E-state index in [1.54, 1.807) is 0 Å². The Morgan fingerprint density at radius 1 is 1.58 bits per heavy atom. The second-order valence-electron chi connectivity index (χ2n) is 4.31. The molecule has 0 bridgehead atoms. The minimum atomic E-state index is -0.609. The average molecular weight is 266 g/mol. The third kappa shape index (κ3) is 2.50. The third-order valence-electron chi connectivity index (χ3n) is 3.09. The summed E-state index contributed by atoms with van der Waals surface area (Å²) in [5.41, 5.74) is -0.352. The smallest absolute Gasteiger partial charge is 0.285 e. The topological polar surface area (TPSA) is 92.9 Å². The Balaban J connectivity index is 2.42. The molecule has 0 saturated carbocycles. The van der Waals surface area contributed by atoms with Crippen molar-refractivity contribution in [3.63, 3.8) is 0 Å². The quantitative estimate of drug-likeness (QED) is 0.645. The second kappa shape index (κ2) is 5.23. The molecule has 102 valence electrons. The van der Waals surface area contributed by atoms with Gasteiger partial charge in [-0.05, 0) is 12.5 Å². The summed E-state index contributed by atoms with van der Waals surface area (Å²) in [7, 11) is 1.36. The number of aliphatic hydroxyl groups is 1. The third-order valence-corrected chi connectivity index (χ3v) is 3.09. The van der Waals surface area contributed by atoms with E-state index in [1.165, 1.54) is 30.2 Å². The molecule has 7 heteroatoms. The molecule has 1 fully saturated rings. The Morgan fingerprint density at radius 3 is 2.84 bits per heavy atom. The van der Waals surface area contributed by atoms with Gasteiger partial charge in [-0.25, -0.2) is 0 Å². The molecule has 1 unspecified atom stereocenters. The van der Waals surface area contributed by atoms with Gasteiger partial charge < -0.3 is 14.7 Å². The summed E-state index contributed by atoms with van der Waals surface area (Å²) in [5, 5.41) is 20.4. The molecule has 1 aliphatic heterocycles. The maximum Gasteiger partial charge on any atom is 0.285 e. The lowest BCUT2D eigenvalue weighted by Gasteiger charge is -2.17. The SMILES string of the molecule is COc1cccc([N+](=O)[O-])c1C(=O)N1CCC(O)C1. The molecule has 0 spiro atoms. The average Bonchev–Trinajstić information content (AvgIpc) is 2.83. The highest BCUT2D eigenvalue weighted by Gasteiger charge is 2.32. The lowest BCUT2D eigenvalue weighted by molar-refractivity contribution is -0.385. The van der Waals surface area contributed by atoms with Gasteiger partial charge in [-0.15, -0.1) is 0 Å². The number of carbonyl (C=O) groups excluding carboxylic acids is 1. The molecule has 0 aromatic heterocycles. The Labute approximate surface area is 109 Å². The number of β-amino-alcohol motifs (C(OH)–C–C–N with tert-alkyl or cyclic N) is 1. The van der Waals surface area contributed by atoms with Crippen LogP contribution in [0, 0.1) is 10.1 Å². The lowest BCUT2D eigenvalue weighted by atomic mass is 10.1. The summed E-state index contributed by atoms with van der Waals surface area (Å²) in [4.78, 5) is 24.1. The number of likely N-dealkylation sites (tertiary alicyclic amines) is 1. The molecule has 2 rings (SSSR count). The number of benzene rings is 1. The molecule has 7 nitrogen and oxygen atoms in total. The van der Waals surface area contributed by atoms with E-state index in [0.717, 1.165) is 0 Å². The molecular weight excluding hydrogens is 252 g/mol. The highest BCUT2D eigenvalue weighted by molar-refractivity contribution is 6.01. The van der Waals surface area contributed by atoms with Crippen LogP contribution in [0.5, 0.6) is 5.75 Å². The fourth-order valence-corrected chi connectivity index (χ4v) is 2.14. The number of hydrogen-bond donors (Lipinski definition) is 1. The van der Waals surface area contributed by atoms with Crippen LogP contribution >= 0.6 is 0 Å². The zero-order valence-electron chi connectivity index (χ0n) is 10.4. The van der Waals surface area contributed by atoms with E-state index >= 15 is 0 Å². The summed E-state index contributed by atoms with van der Waals surface area (Å²) in [6.45, 7) is 0.573. The number of nitrogens with zero attached hydrogens (tertiary/aromatic N) is 2. The maximum atomic E-state index is 12.3. The van der Waals surface area contributed by atoms with Gasteiger partial charge in [0.15, 0.2) is 5.56 Å². The number of ether oxygens (including phenoxy) is 1. The van der Waals surface area contributed by atoms with E-state index in [1.807, 2.05) is 0 Å². The largest absolute Gasteiger partial charge is 0.496 e. The summed E-state index contributed by atoms with van der Waals surface area (Å²) in [6.07, 6.45) is -0.0907. The highest BCUT2D eigenvalue weighted by Crippen LogP contribution is 2.30. The van der Waals surface area contributed by atoms with Gasteiger partial charge in [0.1, 0.15) is 5.75 Å². The normalized spacial score (nSPS) is 18.4. The van der Waals surface area contributed by atoms with Crippen LogP contribution < -0.4 is 4.74 Å². The van der Waals surface area contributed by atoms with E-state index in [9.17, 15) is 20.0 Å². The number of nitro groups is 1. The molecule has 0 radical (unpaired) electrons. The van der Waals surface area contributed by atoms with Crippen LogP contribution in [-0.4, -0.2) is 47.1 Å². The highest BCUT2D eigenvalue weighted by atomic mass is 16.6. The molecule has 1 aromatic rings. The van der Waals surface area contributed by atoms with Gasteiger partial charge >= 0.3 is 0 Å². The van der Waals surface area contributed by atoms with Gasteiger partial charge in [-0.1, -0.05) is 6.07 Å². The van der Waals surface area contributed by atoms with Crippen LogP contribution in [0.2, 0.25) is 0 Å². The van der Waals surface area contributed by atoms with Gasteiger partial charge in [0.25, 0.3) is 11.6 Å². The number of carbonyl (C=O) groups is 1. The minimum absolute atomic E-state index is 0.0656. The first-order chi connectivity index (χ1) is 9.04. The standard InChI is InChI=1S/C12H14N2O5/c1-19-10-4-2-3-9(14(17)18)11(10)12(16)13-6-5-8(15)7-13/h2-4,8,15H,5-7H2,1H3. The number of rotatable bonds is 3. The van der Waals surface area contributed by atoms with Crippen molar-refractivity contribution < 1.29 is 19.6 Å². The first-order valence-electron chi connectivity index (χ1n) is 5.83. The Hall–Kier alpha value is -2.15. The van der Waals surface area contributed by atoms with Gasteiger partial charge in [-0.2, -0.15) is 0 Å². The van der Waals surface area contributed by atoms with Crippen LogP contribution in [0.3, 0.4) is 0 Å². The van der Waals surface area contributed by atoms with Crippen LogP contribution in [0.15, 0.2) is 18.2 Å². The van der Waals surface area contributed by atoms with Crippen molar-refractivity contribution in [3.05, 3.63) is 33.9 Å². The fraction of sp³-hybridized carbons (Fsp3) is 0.417. The maximum absolute atomic E-state index is 12.3. The van der Waals surface area contributed by atoms with Gasteiger partial charge in [-0.3, -0.25) is 14.9 Å². The van der Waals surface area contributed by atoms with Crippen LogP contribution in [0.25, 0.3) is 0 Å². The Morgan fingerprint density at radius 2 is 2.32 bits per heavy atom. The summed E-state index contributed by atoms with van der Waals surface area (Å²) in [5.74, 6) is -0.318. The number of methoxy groups -OCH3 is 1. The first kappa shape index (κ1) is 13.3. The van der Waals surface area contributed by atoms with E-state index in [4.69, 9.17) is 4.74 Å². The molecule has 1 aromatic carbocycles. The molecule has 1 saturated heterocycles. The molecule has 1 heterocycles. The molecule has 0 aliphatic carbocycles. The molecule has 1 N–H and O–H groups in total. The van der Waals surface area contributed by atoms with Crippen molar-refractivity contribution in [2.24, 2.45) is 0 Å². The van der Waals surface area contributed by atoms with Gasteiger partial charge in [0.2, 0.25) is 0 Å². The van der Waals surface area contributed by atoms with E-state index in [0.29, 0.717) is 13.0 Å². The molecule has 19 heavy (non-hydrogen) atoms. The predicted molar refractivity (Wildman–Crippen MR) is 66.2 cm³/mol. The second-order valence-corrected chi connectivity index (χ2v) is 4.31. The van der Waals surface area contributed by atoms with E-state index in [-0.39, 0.29) is 23.5 Å². The molecule has 1 atom stereocenters. The van der Waals surface area contributed by atoms with Crippen LogP contribution in [0.4, 0.5) is 5.69 Å². The van der Waals surface area contributed by atoms with Crippen molar-refractivity contribution in [2.75, 3.05) is 20.2 Å². The predicted octanol–water partition coefficient (Wildman–Crippen LogP) is 0.810. The zero-order chi connectivity index (χ0) is 14.0. The zero-order valence-corrected chi connectivity index (χ0v) is 10.4. The fourth-order valence-electron chi connectivity index (χ4n) is 2.14. The molecule has 1 amide bonds. The summed E-state index contributed by atoms with van der Waals surface area (Å²) in [6, 6.07) is 4.24. The number of nitro benzene ring substituents is 1. The van der Waals surface area contributed by atoms with Crippen molar-refractivity contribution in [1.29, 1.82) is 0 Å².